The molecule has 0 unspecified atom stereocenters. The van der Waals surface area contributed by atoms with Crippen LogP contribution < -0.4 is 11.1 Å². The lowest BCUT2D eigenvalue weighted by Crippen LogP contribution is -2.23. The Morgan fingerprint density at radius 3 is 2.96 bits per heavy atom. The zero-order valence-corrected chi connectivity index (χ0v) is 14.0. The molecule has 1 aromatic carbocycles. The number of hydrogen-bond donors (Lipinski definition) is 2. The van der Waals surface area contributed by atoms with Crippen LogP contribution in [0.25, 0.3) is 5.82 Å². The summed E-state index contributed by atoms with van der Waals surface area (Å²) >= 11 is 0. The summed E-state index contributed by atoms with van der Waals surface area (Å²) in [5.74, 6) is 1.15. The van der Waals surface area contributed by atoms with Crippen LogP contribution in [0.3, 0.4) is 0 Å². The first-order valence-corrected chi connectivity index (χ1v) is 7.83. The number of imidazole rings is 1. The molecule has 2 heterocycles. The maximum absolute atomic E-state index is 6.02. The van der Waals surface area contributed by atoms with E-state index in [9.17, 15) is 0 Å². The third-order valence-electron chi connectivity index (χ3n) is 3.59. The molecule has 3 aromatic rings. The van der Waals surface area contributed by atoms with E-state index in [0.717, 1.165) is 22.6 Å². The second-order valence-corrected chi connectivity index (χ2v) is 5.41. The van der Waals surface area contributed by atoms with E-state index in [-0.39, 0.29) is 0 Å². The molecule has 0 bridgehead atoms. The summed E-state index contributed by atoms with van der Waals surface area (Å²) < 4.78 is 7.04. The first-order chi connectivity index (χ1) is 12.3. The molecule has 7 nitrogen and oxygen atoms in total. The van der Waals surface area contributed by atoms with E-state index in [1.165, 1.54) is 0 Å². The van der Waals surface area contributed by atoms with Gasteiger partial charge >= 0.3 is 0 Å². The zero-order valence-electron chi connectivity index (χ0n) is 14.0. The minimum Gasteiger partial charge on any atom is -0.380 e. The van der Waals surface area contributed by atoms with E-state index < -0.39 is 0 Å². The van der Waals surface area contributed by atoms with E-state index in [1.807, 2.05) is 47.2 Å². The van der Waals surface area contributed by atoms with Gasteiger partial charge in [0.1, 0.15) is 12.1 Å². The molecular weight excluding hydrogens is 316 g/mol. The Kier molecular flexibility index (Phi) is 5.38. The average Bonchev–Trinajstić information content (AvgIpc) is 3.17. The quantitative estimate of drug-likeness (QED) is 0.533. The van der Waals surface area contributed by atoms with E-state index >= 15 is 0 Å². The van der Waals surface area contributed by atoms with Gasteiger partial charge in [-0.05, 0) is 23.8 Å². The molecule has 0 atom stereocenters. The average molecular weight is 336 g/mol. The SMILES string of the molecule is COCc1ccccc1NC(N)=NCc1ccnc(-n2ccnc2)c1. The summed E-state index contributed by atoms with van der Waals surface area (Å²) in [5, 5.41) is 3.12. The Bertz CT molecular complexity index is 844. The number of methoxy groups -OCH3 is 1. The number of anilines is 1. The van der Waals surface area contributed by atoms with E-state index in [0.29, 0.717) is 19.1 Å². The van der Waals surface area contributed by atoms with Crippen molar-refractivity contribution in [3.8, 4) is 5.82 Å². The van der Waals surface area contributed by atoms with Gasteiger partial charge in [-0.3, -0.25) is 4.57 Å². The normalized spacial score (nSPS) is 11.5. The first-order valence-electron chi connectivity index (χ1n) is 7.83. The fourth-order valence-electron chi connectivity index (χ4n) is 2.37. The highest BCUT2D eigenvalue weighted by atomic mass is 16.5. The smallest absolute Gasteiger partial charge is 0.193 e. The number of nitrogens with one attached hydrogen (secondary N) is 1. The summed E-state index contributed by atoms with van der Waals surface area (Å²) in [6, 6.07) is 11.7. The number of benzene rings is 1. The highest BCUT2D eigenvalue weighted by Gasteiger charge is 2.03. The summed E-state index contributed by atoms with van der Waals surface area (Å²) in [7, 11) is 1.66. The summed E-state index contributed by atoms with van der Waals surface area (Å²) in [5.41, 5.74) is 8.94. The predicted molar refractivity (Wildman–Crippen MR) is 97.5 cm³/mol. The van der Waals surface area contributed by atoms with Crippen molar-refractivity contribution < 1.29 is 4.74 Å². The molecule has 0 fully saturated rings. The second kappa shape index (κ2) is 8.07. The van der Waals surface area contributed by atoms with Crippen molar-refractivity contribution in [1.29, 1.82) is 0 Å². The van der Waals surface area contributed by atoms with Crippen molar-refractivity contribution >= 4 is 11.6 Å². The van der Waals surface area contributed by atoms with Gasteiger partial charge < -0.3 is 15.8 Å². The standard InChI is InChI=1S/C18H20N6O/c1-25-12-15-4-2-3-5-16(15)23-18(19)22-11-14-6-7-21-17(10-14)24-9-8-20-13-24/h2-10,13H,11-12H2,1H3,(H3,19,22,23). The monoisotopic (exact) mass is 336 g/mol. The maximum atomic E-state index is 6.02. The number of para-hydroxylation sites is 1. The molecule has 7 heteroatoms. The Morgan fingerprint density at radius 2 is 2.16 bits per heavy atom. The van der Waals surface area contributed by atoms with Crippen LogP contribution in [0.1, 0.15) is 11.1 Å². The minimum atomic E-state index is 0.351. The summed E-state index contributed by atoms with van der Waals surface area (Å²) in [6.45, 7) is 0.963. The number of ether oxygens (including phenoxy) is 1. The van der Waals surface area contributed by atoms with Crippen LogP contribution in [0.5, 0.6) is 0 Å². The van der Waals surface area contributed by atoms with Crippen molar-refractivity contribution in [2.24, 2.45) is 10.7 Å². The van der Waals surface area contributed by atoms with E-state index in [4.69, 9.17) is 10.5 Å². The fraction of sp³-hybridized carbons (Fsp3) is 0.167. The molecule has 0 aliphatic carbocycles. The lowest BCUT2D eigenvalue weighted by Gasteiger charge is -2.11. The van der Waals surface area contributed by atoms with Crippen LogP contribution in [-0.2, 0) is 17.9 Å². The van der Waals surface area contributed by atoms with Gasteiger partial charge in [-0.25, -0.2) is 15.0 Å². The summed E-state index contributed by atoms with van der Waals surface area (Å²) in [6.07, 6.45) is 7.01. The molecule has 0 aliphatic rings. The van der Waals surface area contributed by atoms with Gasteiger partial charge in [0.25, 0.3) is 0 Å². The molecule has 3 N–H and O–H groups in total. The van der Waals surface area contributed by atoms with Crippen molar-refractivity contribution in [1.82, 2.24) is 14.5 Å². The predicted octanol–water partition coefficient (Wildman–Crippen LogP) is 2.34. The molecular formula is C18H20N6O. The molecule has 25 heavy (non-hydrogen) atoms. The number of guanidine groups is 1. The minimum absolute atomic E-state index is 0.351. The molecule has 2 aromatic heterocycles. The van der Waals surface area contributed by atoms with Crippen LogP contribution in [0, 0.1) is 0 Å². The summed E-state index contributed by atoms with van der Waals surface area (Å²) in [4.78, 5) is 12.8. The number of hydrogen-bond acceptors (Lipinski definition) is 4. The van der Waals surface area contributed by atoms with Crippen LogP contribution >= 0.6 is 0 Å². The van der Waals surface area contributed by atoms with Crippen LogP contribution in [-0.4, -0.2) is 27.6 Å². The van der Waals surface area contributed by atoms with E-state index in [1.54, 1.807) is 25.8 Å². The number of nitrogens with two attached hydrogens (primary N) is 1. The Balaban J connectivity index is 1.69. The van der Waals surface area contributed by atoms with Gasteiger partial charge in [0.05, 0.1) is 13.2 Å². The molecule has 0 saturated heterocycles. The third-order valence-corrected chi connectivity index (χ3v) is 3.59. The van der Waals surface area contributed by atoms with Gasteiger partial charge in [-0.1, -0.05) is 18.2 Å². The van der Waals surface area contributed by atoms with Gasteiger partial charge in [-0.2, -0.15) is 0 Å². The Hall–Kier alpha value is -3.19. The molecule has 128 valence electrons. The molecule has 0 spiro atoms. The zero-order chi connectivity index (χ0) is 17.5. The lowest BCUT2D eigenvalue weighted by molar-refractivity contribution is 0.185. The van der Waals surface area contributed by atoms with Crippen molar-refractivity contribution in [2.75, 3.05) is 12.4 Å². The van der Waals surface area contributed by atoms with Crippen molar-refractivity contribution in [3.05, 3.63) is 72.4 Å². The van der Waals surface area contributed by atoms with Crippen LogP contribution in [0.2, 0.25) is 0 Å². The number of aromatic nitrogens is 3. The van der Waals surface area contributed by atoms with Crippen molar-refractivity contribution in [2.45, 2.75) is 13.2 Å². The Labute approximate surface area is 146 Å². The largest absolute Gasteiger partial charge is 0.380 e. The molecule has 0 saturated carbocycles. The molecule has 3 rings (SSSR count). The lowest BCUT2D eigenvalue weighted by atomic mass is 10.2. The van der Waals surface area contributed by atoms with E-state index in [2.05, 4.69) is 20.3 Å². The molecule has 0 radical (unpaired) electrons. The Morgan fingerprint density at radius 1 is 1.28 bits per heavy atom. The van der Waals surface area contributed by atoms with Crippen LogP contribution in [0.15, 0.2) is 66.3 Å². The van der Waals surface area contributed by atoms with Gasteiger partial charge in [0, 0.05) is 37.0 Å². The topological polar surface area (TPSA) is 90.4 Å². The van der Waals surface area contributed by atoms with Gasteiger partial charge in [0.15, 0.2) is 5.96 Å². The van der Waals surface area contributed by atoms with Gasteiger partial charge in [-0.15, -0.1) is 0 Å². The van der Waals surface area contributed by atoms with Gasteiger partial charge in [0.2, 0.25) is 0 Å². The highest BCUT2D eigenvalue weighted by molar-refractivity contribution is 5.92. The van der Waals surface area contributed by atoms with Crippen LogP contribution in [0.4, 0.5) is 5.69 Å². The highest BCUT2D eigenvalue weighted by Crippen LogP contribution is 2.15. The number of rotatable bonds is 6. The number of pyridine rings is 1. The number of aliphatic imine (C=N–C) groups is 1. The number of nitrogens with zero attached hydrogens (tertiary/aromatic N) is 4. The molecule has 0 amide bonds. The van der Waals surface area contributed by atoms with Crippen molar-refractivity contribution in [3.63, 3.8) is 0 Å². The third kappa shape index (κ3) is 4.42. The second-order valence-electron chi connectivity index (χ2n) is 5.41. The first kappa shape index (κ1) is 16.7. The fourth-order valence-corrected chi connectivity index (χ4v) is 2.37. The maximum Gasteiger partial charge on any atom is 0.193 e. The molecule has 0 aliphatic heterocycles.